The molecule has 6 nitrogen and oxygen atoms in total. The normalized spacial score (nSPS) is 11.1. The fourth-order valence-corrected chi connectivity index (χ4v) is 2.37. The van der Waals surface area contributed by atoms with Gasteiger partial charge in [0.15, 0.2) is 5.96 Å². The highest BCUT2D eigenvalue weighted by Gasteiger charge is 2.06. The maximum absolute atomic E-state index is 5.42. The summed E-state index contributed by atoms with van der Waals surface area (Å²) in [7, 11) is 5.05. The number of ether oxygens (including phenoxy) is 2. The summed E-state index contributed by atoms with van der Waals surface area (Å²) >= 11 is 0. The Morgan fingerprint density at radius 1 is 1.12 bits per heavy atom. The molecule has 0 aliphatic carbocycles. The minimum absolute atomic E-state index is 0.610. The summed E-state index contributed by atoms with van der Waals surface area (Å²) < 4.78 is 10.6. The van der Waals surface area contributed by atoms with E-state index in [0.29, 0.717) is 6.54 Å². The van der Waals surface area contributed by atoms with Gasteiger partial charge in [-0.25, -0.2) is 0 Å². The average Bonchev–Trinajstić information content (AvgIpc) is 2.65. The van der Waals surface area contributed by atoms with Crippen molar-refractivity contribution in [3.8, 4) is 11.5 Å². The van der Waals surface area contributed by atoms with Crippen molar-refractivity contribution >= 4 is 5.96 Å². The molecule has 0 saturated carbocycles. The maximum atomic E-state index is 5.42. The van der Waals surface area contributed by atoms with Gasteiger partial charge in [-0.3, -0.25) is 9.98 Å². The zero-order valence-electron chi connectivity index (χ0n) is 15.3. The lowest BCUT2D eigenvalue weighted by Crippen LogP contribution is -2.37. The minimum atomic E-state index is 0.610. The Bertz CT molecular complexity index is 699. The van der Waals surface area contributed by atoms with Crippen LogP contribution in [0.1, 0.15) is 16.8 Å². The van der Waals surface area contributed by atoms with Crippen molar-refractivity contribution in [2.75, 3.05) is 27.8 Å². The van der Waals surface area contributed by atoms with Crippen LogP contribution in [0, 0.1) is 6.92 Å². The van der Waals surface area contributed by atoms with E-state index in [2.05, 4.69) is 26.7 Å². The highest BCUT2D eigenvalue weighted by atomic mass is 16.5. The van der Waals surface area contributed by atoms with Gasteiger partial charge >= 0.3 is 0 Å². The largest absolute Gasteiger partial charge is 0.497 e. The molecule has 0 bridgehead atoms. The Balaban J connectivity index is 1.85. The molecule has 0 amide bonds. The molecule has 2 rings (SSSR count). The van der Waals surface area contributed by atoms with Crippen molar-refractivity contribution < 1.29 is 9.47 Å². The number of nitrogens with one attached hydrogen (secondary N) is 2. The summed E-state index contributed by atoms with van der Waals surface area (Å²) in [5.74, 6) is 2.31. The van der Waals surface area contributed by atoms with Crippen molar-refractivity contribution in [3.63, 3.8) is 0 Å². The lowest BCUT2D eigenvalue weighted by atomic mass is 10.2. The van der Waals surface area contributed by atoms with Crippen molar-refractivity contribution in [2.24, 2.45) is 4.99 Å². The molecule has 2 N–H and O–H groups in total. The Labute approximate surface area is 149 Å². The molecule has 1 aromatic carbocycles. The van der Waals surface area contributed by atoms with Gasteiger partial charge in [0.2, 0.25) is 0 Å². The smallest absolute Gasteiger partial charge is 0.191 e. The van der Waals surface area contributed by atoms with Gasteiger partial charge in [-0.1, -0.05) is 6.07 Å². The predicted octanol–water partition coefficient (Wildman–Crippen LogP) is 2.31. The lowest BCUT2D eigenvalue weighted by molar-refractivity contribution is 0.390. The number of aryl methyl sites for hydroxylation is 1. The summed E-state index contributed by atoms with van der Waals surface area (Å²) in [5.41, 5.74) is 3.27. The Hall–Kier alpha value is -2.76. The molecular weight excluding hydrogens is 316 g/mol. The van der Waals surface area contributed by atoms with E-state index in [-0.39, 0.29) is 0 Å². The Morgan fingerprint density at radius 3 is 2.60 bits per heavy atom. The number of aliphatic imine (C=N–C) groups is 1. The molecule has 2 aromatic rings. The van der Waals surface area contributed by atoms with Gasteiger partial charge in [-0.05, 0) is 37.1 Å². The van der Waals surface area contributed by atoms with E-state index in [1.54, 1.807) is 21.3 Å². The third-order valence-electron chi connectivity index (χ3n) is 3.84. The van der Waals surface area contributed by atoms with Crippen LogP contribution in [0.25, 0.3) is 0 Å². The summed E-state index contributed by atoms with van der Waals surface area (Å²) in [6.07, 6.45) is 2.80. The topological polar surface area (TPSA) is 67.8 Å². The fourth-order valence-electron chi connectivity index (χ4n) is 2.37. The first-order valence-corrected chi connectivity index (χ1v) is 8.23. The molecule has 1 heterocycles. The number of hydrogen-bond acceptors (Lipinski definition) is 4. The Morgan fingerprint density at radius 2 is 1.96 bits per heavy atom. The van der Waals surface area contributed by atoms with Gasteiger partial charge in [0.1, 0.15) is 11.5 Å². The quantitative estimate of drug-likeness (QED) is 0.597. The second-order valence-electron chi connectivity index (χ2n) is 5.59. The SMILES string of the molecule is CN=C(NCCc1ccc(C)nc1)NCc1ccc(OC)cc1OC. The molecule has 0 aliphatic rings. The number of pyridine rings is 1. The Kier molecular flexibility index (Phi) is 7.07. The van der Waals surface area contributed by atoms with Gasteiger partial charge in [-0.2, -0.15) is 0 Å². The molecular formula is C19H26N4O2. The van der Waals surface area contributed by atoms with Gasteiger partial charge in [0.25, 0.3) is 0 Å². The molecule has 0 spiro atoms. The zero-order chi connectivity index (χ0) is 18.1. The number of hydrogen-bond donors (Lipinski definition) is 2. The van der Waals surface area contributed by atoms with Crippen molar-refractivity contribution in [3.05, 3.63) is 53.3 Å². The van der Waals surface area contributed by atoms with Crippen LogP contribution in [0.2, 0.25) is 0 Å². The molecule has 0 fully saturated rings. The van der Waals surface area contributed by atoms with Crippen molar-refractivity contribution in [2.45, 2.75) is 19.9 Å². The molecule has 0 atom stereocenters. The standard InChI is InChI=1S/C19H26N4O2/c1-14-5-6-15(12-22-14)9-10-21-19(20-2)23-13-16-7-8-17(24-3)11-18(16)25-4/h5-8,11-12H,9-10,13H2,1-4H3,(H2,20,21,23). The van der Waals surface area contributed by atoms with E-state index in [1.807, 2.05) is 37.4 Å². The monoisotopic (exact) mass is 342 g/mol. The third kappa shape index (κ3) is 5.67. The van der Waals surface area contributed by atoms with Crippen LogP contribution < -0.4 is 20.1 Å². The number of aromatic nitrogens is 1. The molecule has 0 radical (unpaired) electrons. The highest BCUT2D eigenvalue weighted by Crippen LogP contribution is 2.24. The van der Waals surface area contributed by atoms with E-state index in [1.165, 1.54) is 5.56 Å². The minimum Gasteiger partial charge on any atom is -0.497 e. The maximum Gasteiger partial charge on any atom is 0.191 e. The second kappa shape index (κ2) is 9.52. The molecule has 0 saturated heterocycles. The number of rotatable bonds is 7. The molecule has 0 unspecified atom stereocenters. The van der Waals surface area contributed by atoms with Gasteiger partial charge < -0.3 is 20.1 Å². The molecule has 0 aliphatic heterocycles. The van der Waals surface area contributed by atoms with Crippen LogP contribution in [0.4, 0.5) is 0 Å². The van der Waals surface area contributed by atoms with E-state index < -0.39 is 0 Å². The molecule has 1 aromatic heterocycles. The highest BCUT2D eigenvalue weighted by molar-refractivity contribution is 5.79. The van der Waals surface area contributed by atoms with E-state index >= 15 is 0 Å². The average molecular weight is 342 g/mol. The summed E-state index contributed by atoms with van der Waals surface area (Å²) in [4.78, 5) is 8.56. The first-order chi connectivity index (χ1) is 12.2. The van der Waals surface area contributed by atoms with Crippen LogP contribution in [0.3, 0.4) is 0 Å². The second-order valence-corrected chi connectivity index (χ2v) is 5.59. The van der Waals surface area contributed by atoms with Crippen LogP contribution in [-0.4, -0.2) is 38.8 Å². The zero-order valence-corrected chi connectivity index (χ0v) is 15.3. The van der Waals surface area contributed by atoms with E-state index in [9.17, 15) is 0 Å². The number of nitrogens with zero attached hydrogens (tertiary/aromatic N) is 2. The van der Waals surface area contributed by atoms with Crippen LogP contribution in [0.15, 0.2) is 41.5 Å². The number of benzene rings is 1. The lowest BCUT2D eigenvalue weighted by Gasteiger charge is -2.14. The van der Waals surface area contributed by atoms with Gasteiger partial charge in [0.05, 0.1) is 14.2 Å². The van der Waals surface area contributed by atoms with Crippen molar-refractivity contribution in [1.29, 1.82) is 0 Å². The molecule has 6 heteroatoms. The van der Waals surface area contributed by atoms with Gasteiger partial charge in [0, 0.05) is 43.7 Å². The molecule has 25 heavy (non-hydrogen) atoms. The van der Waals surface area contributed by atoms with Crippen LogP contribution >= 0.6 is 0 Å². The fraction of sp³-hybridized carbons (Fsp3) is 0.368. The predicted molar refractivity (Wildman–Crippen MR) is 100 cm³/mol. The number of guanidine groups is 1. The first-order valence-electron chi connectivity index (χ1n) is 8.23. The van der Waals surface area contributed by atoms with Crippen LogP contribution in [-0.2, 0) is 13.0 Å². The summed E-state index contributed by atoms with van der Waals surface area (Å²) in [6.45, 7) is 3.38. The van der Waals surface area contributed by atoms with E-state index in [0.717, 1.165) is 41.7 Å². The molecule has 134 valence electrons. The summed E-state index contributed by atoms with van der Waals surface area (Å²) in [5, 5.41) is 6.60. The number of methoxy groups -OCH3 is 2. The van der Waals surface area contributed by atoms with E-state index in [4.69, 9.17) is 9.47 Å². The third-order valence-corrected chi connectivity index (χ3v) is 3.84. The first kappa shape index (κ1) is 18.6. The van der Waals surface area contributed by atoms with Crippen LogP contribution in [0.5, 0.6) is 11.5 Å². The van der Waals surface area contributed by atoms with Crippen molar-refractivity contribution in [1.82, 2.24) is 15.6 Å². The van der Waals surface area contributed by atoms with Gasteiger partial charge in [-0.15, -0.1) is 0 Å². The summed E-state index contributed by atoms with van der Waals surface area (Å²) in [6, 6.07) is 9.90.